The molecule has 0 aliphatic rings. The zero-order chi connectivity index (χ0) is 13.2. The highest BCUT2D eigenvalue weighted by molar-refractivity contribution is 7.90. The van der Waals surface area contributed by atoms with Crippen molar-refractivity contribution in [1.29, 1.82) is 0 Å². The van der Waals surface area contributed by atoms with Gasteiger partial charge in [-0.1, -0.05) is 18.2 Å². The van der Waals surface area contributed by atoms with Crippen LogP contribution in [-0.2, 0) is 9.84 Å². The minimum atomic E-state index is -2.95. The van der Waals surface area contributed by atoms with E-state index in [0.29, 0.717) is 6.42 Å². The standard InChI is InChI=1S/C13H17NO3S/c1-14-11(7-8-18(2,15)16)13-9-10-5-3-4-6-12(10)17-13/h3-6,9,11,14H,7-8H2,1-2H3. The highest BCUT2D eigenvalue weighted by Gasteiger charge is 2.16. The van der Waals surface area contributed by atoms with Crippen LogP contribution < -0.4 is 5.32 Å². The molecular weight excluding hydrogens is 250 g/mol. The number of hydrogen-bond acceptors (Lipinski definition) is 4. The number of para-hydroxylation sites is 1. The van der Waals surface area contributed by atoms with Gasteiger partial charge in [-0.05, 0) is 25.6 Å². The van der Waals surface area contributed by atoms with E-state index in [1.165, 1.54) is 6.26 Å². The summed E-state index contributed by atoms with van der Waals surface area (Å²) < 4.78 is 28.1. The molecule has 5 heteroatoms. The molecule has 1 aromatic carbocycles. The molecule has 0 aliphatic heterocycles. The summed E-state index contributed by atoms with van der Waals surface area (Å²) in [6.45, 7) is 0. The Bertz CT molecular complexity index is 597. The summed E-state index contributed by atoms with van der Waals surface area (Å²) in [6, 6.07) is 9.63. The summed E-state index contributed by atoms with van der Waals surface area (Å²) >= 11 is 0. The summed E-state index contributed by atoms with van der Waals surface area (Å²) in [7, 11) is -1.14. The van der Waals surface area contributed by atoms with E-state index in [9.17, 15) is 8.42 Å². The first kappa shape index (κ1) is 13.1. The number of fused-ring (bicyclic) bond motifs is 1. The topological polar surface area (TPSA) is 59.3 Å². The van der Waals surface area contributed by atoms with E-state index in [0.717, 1.165) is 16.7 Å². The van der Waals surface area contributed by atoms with Crippen molar-refractivity contribution in [3.05, 3.63) is 36.1 Å². The molecular formula is C13H17NO3S. The largest absolute Gasteiger partial charge is 0.459 e. The molecule has 4 nitrogen and oxygen atoms in total. The van der Waals surface area contributed by atoms with E-state index in [1.54, 1.807) is 7.05 Å². The summed E-state index contributed by atoms with van der Waals surface area (Å²) in [5, 5.41) is 4.13. The Hall–Kier alpha value is -1.33. The fourth-order valence-corrected chi connectivity index (χ4v) is 2.60. The van der Waals surface area contributed by atoms with Gasteiger partial charge in [0, 0.05) is 11.6 Å². The van der Waals surface area contributed by atoms with Crippen molar-refractivity contribution in [3.8, 4) is 0 Å². The van der Waals surface area contributed by atoms with Crippen LogP contribution in [0.15, 0.2) is 34.7 Å². The molecule has 1 unspecified atom stereocenters. The second kappa shape index (κ2) is 5.12. The maximum atomic E-state index is 11.2. The van der Waals surface area contributed by atoms with Gasteiger partial charge in [-0.25, -0.2) is 8.42 Å². The smallest absolute Gasteiger partial charge is 0.147 e. The van der Waals surface area contributed by atoms with Gasteiger partial charge in [-0.3, -0.25) is 0 Å². The fourth-order valence-electron chi connectivity index (χ4n) is 1.93. The maximum Gasteiger partial charge on any atom is 0.147 e. The van der Waals surface area contributed by atoms with Gasteiger partial charge in [0.1, 0.15) is 21.2 Å². The minimum absolute atomic E-state index is 0.0767. The van der Waals surface area contributed by atoms with Crippen molar-refractivity contribution in [2.24, 2.45) is 0 Å². The van der Waals surface area contributed by atoms with Crippen molar-refractivity contribution in [2.75, 3.05) is 19.1 Å². The highest BCUT2D eigenvalue weighted by atomic mass is 32.2. The predicted molar refractivity (Wildman–Crippen MR) is 72.3 cm³/mol. The van der Waals surface area contributed by atoms with Crippen LogP contribution in [0, 0.1) is 0 Å². The third kappa shape index (κ3) is 3.11. The molecule has 0 saturated heterocycles. The lowest BCUT2D eigenvalue weighted by Gasteiger charge is -2.12. The van der Waals surface area contributed by atoms with Crippen molar-refractivity contribution in [2.45, 2.75) is 12.5 Å². The molecule has 0 fully saturated rings. The Balaban J connectivity index is 2.21. The molecule has 1 heterocycles. The molecule has 0 radical (unpaired) electrons. The van der Waals surface area contributed by atoms with Gasteiger partial charge in [0.05, 0.1) is 11.8 Å². The summed E-state index contributed by atoms with van der Waals surface area (Å²) in [5.41, 5.74) is 0.826. The molecule has 2 rings (SSSR count). The van der Waals surface area contributed by atoms with Gasteiger partial charge in [0.15, 0.2) is 0 Å². The first-order valence-electron chi connectivity index (χ1n) is 5.83. The Morgan fingerprint density at radius 1 is 1.33 bits per heavy atom. The number of furan rings is 1. The quantitative estimate of drug-likeness (QED) is 0.901. The average Bonchev–Trinajstić information content (AvgIpc) is 2.71. The number of sulfone groups is 1. The lowest BCUT2D eigenvalue weighted by molar-refractivity contribution is 0.444. The second-order valence-corrected chi connectivity index (χ2v) is 6.71. The van der Waals surface area contributed by atoms with Gasteiger partial charge >= 0.3 is 0 Å². The SMILES string of the molecule is CNC(CCS(C)(=O)=O)c1cc2ccccc2o1. The maximum absolute atomic E-state index is 11.2. The molecule has 98 valence electrons. The van der Waals surface area contributed by atoms with Crippen LogP contribution in [0.3, 0.4) is 0 Å². The van der Waals surface area contributed by atoms with Crippen LogP contribution in [0.4, 0.5) is 0 Å². The fraction of sp³-hybridized carbons (Fsp3) is 0.385. The monoisotopic (exact) mass is 267 g/mol. The van der Waals surface area contributed by atoms with Gasteiger partial charge < -0.3 is 9.73 Å². The third-order valence-corrected chi connectivity index (χ3v) is 3.89. The van der Waals surface area contributed by atoms with E-state index in [2.05, 4.69) is 5.32 Å². The Morgan fingerprint density at radius 3 is 2.67 bits per heavy atom. The van der Waals surface area contributed by atoms with E-state index < -0.39 is 9.84 Å². The zero-order valence-corrected chi connectivity index (χ0v) is 11.3. The molecule has 0 spiro atoms. The van der Waals surface area contributed by atoms with E-state index in [1.807, 2.05) is 30.3 Å². The van der Waals surface area contributed by atoms with Crippen LogP contribution >= 0.6 is 0 Å². The number of nitrogens with one attached hydrogen (secondary N) is 1. The number of rotatable bonds is 5. The lowest BCUT2D eigenvalue weighted by Crippen LogP contribution is -2.19. The average molecular weight is 267 g/mol. The molecule has 1 N–H and O–H groups in total. The normalized spacial score (nSPS) is 13.9. The molecule has 2 aromatic rings. The van der Waals surface area contributed by atoms with Crippen LogP contribution in [0.25, 0.3) is 11.0 Å². The van der Waals surface area contributed by atoms with Crippen molar-refractivity contribution < 1.29 is 12.8 Å². The summed E-state index contributed by atoms with van der Waals surface area (Å²) in [5.74, 6) is 0.928. The first-order valence-corrected chi connectivity index (χ1v) is 7.89. The molecule has 1 aromatic heterocycles. The molecule has 0 aliphatic carbocycles. The minimum Gasteiger partial charge on any atom is -0.459 e. The first-order chi connectivity index (χ1) is 8.49. The number of hydrogen-bond donors (Lipinski definition) is 1. The highest BCUT2D eigenvalue weighted by Crippen LogP contribution is 2.25. The molecule has 0 saturated carbocycles. The summed E-state index contributed by atoms with van der Waals surface area (Å²) in [4.78, 5) is 0. The second-order valence-electron chi connectivity index (χ2n) is 4.45. The Morgan fingerprint density at radius 2 is 2.06 bits per heavy atom. The van der Waals surface area contributed by atoms with E-state index >= 15 is 0 Å². The van der Waals surface area contributed by atoms with Gasteiger partial charge in [0.2, 0.25) is 0 Å². The zero-order valence-electron chi connectivity index (χ0n) is 10.5. The Kier molecular flexibility index (Phi) is 3.73. The number of benzene rings is 1. The van der Waals surface area contributed by atoms with E-state index in [4.69, 9.17) is 4.42 Å². The Labute approximate surface area is 107 Å². The molecule has 18 heavy (non-hydrogen) atoms. The molecule has 0 amide bonds. The van der Waals surface area contributed by atoms with E-state index in [-0.39, 0.29) is 11.8 Å². The summed E-state index contributed by atoms with van der Waals surface area (Å²) in [6.07, 6.45) is 1.76. The van der Waals surface area contributed by atoms with Crippen molar-refractivity contribution in [3.63, 3.8) is 0 Å². The van der Waals surface area contributed by atoms with Gasteiger partial charge in [-0.15, -0.1) is 0 Å². The van der Waals surface area contributed by atoms with Gasteiger partial charge in [-0.2, -0.15) is 0 Å². The lowest BCUT2D eigenvalue weighted by atomic mass is 10.1. The molecule has 1 atom stereocenters. The van der Waals surface area contributed by atoms with Crippen molar-refractivity contribution >= 4 is 20.8 Å². The van der Waals surface area contributed by atoms with Gasteiger partial charge in [0.25, 0.3) is 0 Å². The van der Waals surface area contributed by atoms with Crippen LogP contribution in [0.2, 0.25) is 0 Å². The molecule has 0 bridgehead atoms. The van der Waals surface area contributed by atoms with Crippen molar-refractivity contribution in [1.82, 2.24) is 5.32 Å². The van der Waals surface area contributed by atoms with Crippen LogP contribution in [0.1, 0.15) is 18.2 Å². The third-order valence-electron chi connectivity index (χ3n) is 2.91. The van der Waals surface area contributed by atoms with Crippen LogP contribution in [-0.4, -0.2) is 27.5 Å². The predicted octanol–water partition coefficient (Wildman–Crippen LogP) is 2.13. The van der Waals surface area contributed by atoms with Crippen LogP contribution in [0.5, 0.6) is 0 Å².